The maximum Gasteiger partial charge on any atom is 0.261 e. The number of nitrogens with zero attached hydrogens (tertiary/aromatic N) is 4. The second kappa shape index (κ2) is 12.3. The number of aromatic nitrogens is 3. The molecule has 0 unspecified atom stereocenters. The Morgan fingerprint density at radius 2 is 1.88 bits per heavy atom. The molecule has 216 valence electrons. The molecule has 1 aliphatic carbocycles. The standard InChI is InChI=1S/C27H33N5O3.CH4O3S/c1-17-25-22(15-27(2,3)16-23(25)33)32(30-17)20-6-7-21(26(28)34)19(14-20)12-18-8-9-29-24(13-18)35-11-10-31(4)5;1-5(2,3)4/h6-9,13-14H,10-12,15-16H2,1-5H3,(H2,28,34);1H3,(H,2,3,4). The van der Waals surface area contributed by atoms with Crippen LogP contribution in [0.2, 0.25) is 0 Å². The Kier molecular flexibility index (Phi) is 9.49. The molecule has 2 heterocycles. The normalized spacial score (nSPS) is 14.3. The number of likely N-dealkylation sites (N-methyl/N-ethyl adjacent to an activating group) is 1. The highest BCUT2D eigenvalue weighted by molar-refractivity contribution is 7.85. The number of carbonyl (C=O) groups excluding carboxylic acids is 2. The molecule has 4 rings (SSSR count). The molecule has 0 saturated carbocycles. The first-order valence-electron chi connectivity index (χ1n) is 12.7. The van der Waals surface area contributed by atoms with Crippen molar-refractivity contribution in [3.63, 3.8) is 0 Å². The van der Waals surface area contributed by atoms with Gasteiger partial charge in [-0.2, -0.15) is 13.5 Å². The van der Waals surface area contributed by atoms with Gasteiger partial charge in [-0.1, -0.05) is 13.8 Å². The molecule has 3 aromatic rings. The zero-order chi connectivity index (χ0) is 29.8. The minimum absolute atomic E-state index is 0.132. The first-order chi connectivity index (χ1) is 18.5. The van der Waals surface area contributed by atoms with Gasteiger partial charge >= 0.3 is 0 Å². The summed E-state index contributed by atoms with van der Waals surface area (Å²) in [7, 11) is 0.307. The maximum atomic E-state index is 12.8. The van der Waals surface area contributed by atoms with E-state index < -0.39 is 16.0 Å². The minimum atomic E-state index is -3.67. The van der Waals surface area contributed by atoms with Crippen LogP contribution in [-0.2, 0) is 23.0 Å². The highest BCUT2D eigenvalue weighted by atomic mass is 32.2. The smallest absolute Gasteiger partial charge is 0.261 e. The Labute approximate surface area is 235 Å². The molecule has 0 bridgehead atoms. The Bertz CT molecular complexity index is 1500. The lowest BCUT2D eigenvalue weighted by Crippen LogP contribution is -2.28. The van der Waals surface area contributed by atoms with E-state index in [-0.39, 0.29) is 11.2 Å². The fourth-order valence-electron chi connectivity index (χ4n) is 4.64. The molecule has 0 saturated heterocycles. The highest BCUT2D eigenvalue weighted by Crippen LogP contribution is 2.37. The molecule has 0 fully saturated rings. The Hall–Kier alpha value is -3.61. The summed E-state index contributed by atoms with van der Waals surface area (Å²) in [5, 5.41) is 4.71. The third kappa shape index (κ3) is 8.44. The van der Waals surface area contributed by atoms with Crippen molar-refractivity contribution in [1.29, 1.82) is 0 Å². The largest absolute Gasteiger partial charge is 0.476 e. The van der Waals surface area contributed by atoms with Crippen LogP contribution in [0.4, 0.5) is 0 Å². The van der Waals surface area contributed by atoms with Crippen LogP contribution in [0.1, 0.15) is 63.5 Å². The number of ether oxygens (including phenoxy) is 1. The summed E-state index contributed by atoms with van der Waals surface area (Å²) < 4.78 is 33.5. The number of hydrogen-bond acceptors (Lipinski definition) is 8. The van der Waals surface area contributed by atoms with Gasteiger partial charge < -0.3 is 15.4 Å². The van der Waals surface area contributed by atoms with E-state index in [1.807, 2.05) is 54.9 Å². The van der Waals surface area contributed by atoms with Crippen molar-refractivity contribution in [3.8, 4) is 11.6 Å². The van der Waals surface area contributed by atoms with E-state index in [2.05, 4.69) is 18.8 Å². The zero-order valence-electron chi connectivity index (χ0n) is 23.8. The van der Waals surface area contributed by atoms with Crippen molar-refractivity contribution < 1.29 is 27.3 Å². The SMILES string of the molecule is CS(=O)(=O)O.Cc1nn(-c2ccc(C(N)=O)c(Cc3ccnc(OCCN(C)C)c3)c2)c2c1C(=O)CC(C)(C)C2. The molecule has 1 amide bonds. The van der Waals surface area contributed by atoms with E-state index in [1.165, 1.54) is 0 Å². The molecule has 0 radical (unpaired) electrons. The summed E-state index contributed by atoms with van der Waals surface area (Å²) in [5.74, 6) is 0.184. The van der Waals surface area contributed by atoms with E-state index in [0.717, 1.165) is 46.7 Å². The molecule has 11 nitrogen and oxygen atoms in total. The van der Waals surface area contributed by atoms with Gasteiger partial charge in [-0.25, -0.2) is 9.67 Å². The monoisotopic (exact) mass is 571 g/mol. The van der Waals surface area contributed by atoms with Gasteiger partial charge in [0, 0.05) is 30.8 Å². The number of rotatable bonds is 8. The summed E-state index contributed by atoms with van der Waals surface area (Å²) in [6, 6.07) is 9.30. The Balaban J connectivity index is 0.000000810. The Morgan fingerprint density at radius 1 is 1.20 bits per heavy atom. The van der Waals surface area contributed by atoms with Crippen molar-refractivity contribution in [2.45, 2.75) is 40.0 Å². The molecule has 40 heavy (non-hydrogen) atoms. The Morgan fingerprint density at radius 3 is 2.50 bits per heavy atom. The number of pyridine rings is 1. The van der Waals surface area contributed by atoms with Gasteiger partial charge in [-0.3, -0.25) is 14.1 Å². The summed E-state index contributed by atoms with van der Waals surface area (Å²) in [6.45, 7) is 7.39. The molecule has 1 aliphatic rings. The summed E-state index contributed by atoms with van der Waals surface area (Å²) in [6.07, 6.45) is 4.16. The fraction of sp³-hybridized carbons (Fsp3) is 0.429. The molecule has 2 aromatic heterocycles. The van der Waals surface area contributed by atoms with E-state index in [9.17, 15) is 18.0 Å². The van der Waals surface area contributed by atoms with Crippen LogP contribution >= 0.6 is 0 Å². The van der Waals surface area contributed by atoms with Crippen molar-refractivity contribution in [1.82, 2.24) is 19.7 Å². The van der Waals surface area contributed by atoms with Gasteiger partial charge in [-0.05, 0) is 74.7 Å². The summed E-state index contributed by atoms with van der Waals surface area (Å²) in [5.41, 5.74) is 10.9. The number of hydrogen-bond donors (Lipinski definition) is 2. The van der Waals surface area contributed by atoms with E-state index in [0.29, 0.717) is 37.1 Å². The van der Waals surface area contributed by atoms with Crippen LogP contribution < -0.4 is 10.5 Å². The van der Waals surface area contributed by atoms with Crippen molar-refractivity contribution >= 4 is 21.8 Å². The van der Waals surface area contributed by atoms with Gasteiger partial charge in [0.15, 0.2) is 5.78 Å². The average molecular weight is 572 g/mol. The molecule has 12 heteroatoms. The fourth-order valence-corrected chi connectivity index (χ4v) is 4.64. The van der Waals surface area contributed by atoms with Crippen LogP contribution in [0.15, 0.2) is 36.5 Å². The number of ketones is 1. The van der Waals surface area contributed by atoms with Gasteiger partial charge in [0.1, 0.15) is 6.61 Å². The number of carbonyl (C=O) groups is 2. The predicted octanol–water partition coefficient (Wildman–Crippen LogP) is 2.86. The lowest BCUT2D eigenvalue weighted by molar-refractivity contribution is 0.0909. The van der Waals surface area contributed by atoms with E-state index in [1.54, 1.807) is 12.3 Å². The molecule has 1 aromatic carbocycles. The summed E-state index contributed by atoms with van der Waals surface area (Å²) >= 11 is 0. The molecular formula is C28H37N5O6S. The quantitative estimate of drug-likeness (QED) is 0.388. The number of Topliss-reactive ketones (excluding diaryl/α,β-unsaturated/α-hetero) is 1. The van der Waals surface area contributed by atoms with E-state index >= 15 is 0 Å². The van der Waals surface area contributed by atoms with Crippen LogP contribution in [-0.4, -0.2) is 77.8 Å². The maximum absolute atomic E-state index is 12.8. The van der Waals surface area contributed by atoms with Crippen molar-refractivity contribution in [3.05, 3.63) is 70.2 Å². The lowest BCUT2D eigenvalue weighted by atomic mass is 9.75. The zero-order valence-corrected chi connectivity index (χ0v) is 24.6. The third-order valence-electron chi connectivity index (χ3n) is 6.30. The second-order valence-corrected chi connectivity index (χ2v) is 12.5. The number of amides is 1. The first kappa shape index (κ1) is 30.9. The number of benzene rings is 1. The van der Waals surface area contributed by atoms with Crippen LogP contribution in [0.3, 0.4) is 0 Å². The first-order valence-corrected chi connectivity index (χ1v) is 14.6. The molecular weight excluding hydrogens is 534 g/mol. The number of fused-ring (bicyclic) bond motifs is 1. The van der Waals surface area contributed by atoms with Crippen LogP contribution in [0.25, 0.3) is 5.69 Å². The molecule has 0 spiro atoms. The number of aryl methyl sites for hydroxylation is 1. The van der Waals surface area contributed by atoms with Gasteiger partial charge in [0.25, 0.3) is 10.1 Å². The van der Waals surface area contributed by atoms with Crippen LogP contribution in [0.5, 0.6) is 5.88 Å². The third-order valence-corrected chi connectivity index (χ3v) is 6.30. The van der Waals surface area contributed by atoms with Gasteiger partial charge in [0.2, 0.25) is 11.8 Å². The molecule has 0 aliphatic heterocycles. The lowest BCUT2D eigenvalue weighted by Gasteiger charge is -2.29. The van der Waals surface area contributed by atoms with E-state index in [4.69, 9.17) is 20.1 Å². The average Bonchev–Trinajstić information content (AvgIpc) is 3.13. The van der Waals surface area contributed by atoms with Crippen LogP contribution in [0, 0.1) is 12.3 Å². The molecule has 0 atom stereocenters. The number of primary amides is 1. The second-order valence-electron chi connectivity index (χ2n) is 11.0. The minimum Gasteiger partial charge on any atom is -0.476 e. The van der Waals surface area contributed by atoms with Crippen molar-refractivity contribution in [2.24, 2.45) is 11.1 Å². The summed E-state index contributed by atoms with van der Waals surface area (Å²) in [4.78, 5) is 31.4. The van der Waals surface area contributed by atoms with Gasteiger partial charge in [-0.15, -0.1) is 0 Å². The predicted molar refractivity (Wildman–Crippen MR) is 152 cm³/mol. The number of nitrogens with two attached hydrogens (primary N) is 1. The van der Waals surface area contributed by atoms with Crippen molar-refractivity contribution in [2.75, 3.05) is 33.5 Å². The molecule has 3 N–H and O–H groups in total. The topological polar surface area (TPSA) is 158 Å². The highest BCUT2D eigenvalue weighted by Gasteiger charge is 2.35. The van der Waals surface area contributed by atoms with Gasteiger partial charge in [0.05, 0.1) is 28.9 Å².